The minimum Gasteiger partial charge on any atom is -0.491 e. The zero-order chi connectivity index (χ0) is 16.9. The summed E-state index contributed by atoms with van der Waals surface area (Å²) in [5, 5.41) is 2.98. The van der Waals surface area contributed by atoms with E-state index in [1.807, 2.05) is 56.3 Å². The molecular formula is C20H23NO3. The van der Waals surface area contributed by atoms with Gasteiger partial charge >= 0.3 is 0 Å². The Hall–Kier alpha value is -2.49. The standard InChI is InChI=1S/C20H23NO3/c1-14(2)24-18-10-6-15(7-11-18)13-23-19-5-3-4-16(12-19)20(22)21-17-8-9-17/h3-7,10-12,14,17H,8-9,13H2,1-2H3,(H,21,22). The molecule has 2 aromatic rings. The van der Waals surface area contributed by atoms with E-state index in [2.05, 4.69) is 5.32 Å². The molecule has 0 aromatic heterocycles. The van der Waals surface area contributed by atoms with Gasteiger partial charge in [-0.25, -0.2) is 0 Å². The lowest BCUT2D eigenvalue weighted by atomic mass is 10.2. The third-order valence-corrected chi connectivity index (χ3v) is 3.71. The van der Waals surface area contributed by atoms with E-state index >= 15 is 0 Å². The molecule has 1 aliphatic rings. The monoisotopic (exact) mass is 325 g/mol. The average molecular weight is 325 g/mol. The Morgan fingerprint density at radius 1 is 1.12 bits per heavy atom. The highest BCUT2D eigenvalue weighted by Crippen LogP contribution is 2.21. The van der Waals surface area contributed by atoms with Crippen LogP contribution in [-0.2, 0) is 6.61 Å². The van der Waals surface area contributed by atoms with Crippen LogP contribution < -0.4 is 14.8 Å². The highest BCUT2D eigenvalue weighted by atomic mass is 16.5. The van der Waals surface area contributed by atoms with E-state index in [1.54, 1.807) is 6.07 Å². The van der Waals surface area contributed by atoms with Crippen molar-refractivity contribution in [1.29, 1.82) is 0 Å². The number of ether oxygens (including phenoxy) is 2. The molecule has 3 rings (SSSR count). The SMILES string of the molecule is CC(C)Oc1ccc(COc2cccc(C(=O)NC3CC3)c2)cc1. The van der Waals surface area contributed by atoms with Gasteiger partial charge in [0.2, 0.25) is 0 Å². The zero-order valence-corrected chi connectivity index (χ0v) is 14.1. The van der Waals surface area contributed by atoms with Gasteiger partial charge in [0.15, 0.2) is 0 Å². The molecule has 0 bridgehead atoms. The molecule has 0 radical (unpaired) electrons. The molecular weight excluding hydrogens is 302 g/mol. The molecule has 126 valence electrons. The molecule has 0 unspecified atom stereocenters. The van der Waals surface area contributed by atoms with Gasteiger partial charge in [-0.05, 0) is 62.6 Å². The molecule has 0 heterocycles. The first-order valence-electron chi connectivity index (χ1n) is 8.39. The topological polar surface area (TPSA) is 47.6 Å². The smallest absolute Gasteiger partial charge is 0.251 e. The summed E-state index contributed by atoms with van der Waals surface area (Å²) in [4.78, 5) is 12.1. The number of rotatable bonds is 7. The van der Waals surface area contributed by atoms with E-state index in [0.29, 0.717) is 24.0 Å². The maximum Gasteiger partial charge on any atom is 0.251 e. The van der Waals surface area contributed by atoms with Crippen LogP contribution >= 0.6 is 0 Å². The first kappa shape index (κ1) is 16.4. The molecule has 0 saturated heterocycles. The van der Waals surface area contributed by atoms with E-state index < -0.39 is 0 Å². The van der Waals surface area contributed by atoms with Crippen molar-refractivity contribution < 1.29 is 14.3 Å². The molecule has 1 amide bonds. The second kappa shape index (κ2) is 7.39. The Balaban J connectivity index is 1.56. The largest absolute Gasteiger partial charge is 0.491 e. The van der Waals surface area contributed by atoms with E-state index in [1.165, 1.54) is 0 Å². The Morgan fingerprint density at radius 3 is 2.54 bits per heavy atom. The van der Waals surface area contributed by atoms with Gasteiger partial charge in [-0.2, -0.15) is 0 Å². The Bertz CT molecular complexity index is 690. The first-order chi connectivity index (χ1) is 11.6. The van der Waals surface area contributed by atoms with Crippen molar-refractivity contribution in [1.82, 2.24) is 5.32 Å². The maximum absolute atomic E-state index is 12.1. The van der Waals surface area contributed by atoms with Crippen molar-refractivity contribution in [2.75, 3.05) is 0 Å². The van der Waals surface area contributed by atoms with E-state index in [0.717, 1.165) is 24.2 Å². The van der Waals surface area contributed by atoms with Gasteiger partial charge in [-0.1, -0.05) is 18.2 Å². The quantitative estimate of drug-likeness (QED) is 0.838. The Morgan fingerprint density at radius 2 is 1.88 bits per heavy atom. The van der Waals surface area contributed by atoms with Crippen molar-refractivity contribution in [2.45, 2.75) is 45.4 Å². The average Bonchev–Trinajstić information content (AvgIpc) is 3.38. The molecule has 4 heteroatoms. The van der Waals surface area contributed by atoms with Crippen molar-refractivity contribution in [3.05, 3.63) is 59.7 Å². The van der Waals surface area contributed by atoms with E-state index in [4.69, 9.17) is 9.47 Å². The molecule has 0 spiro atoms. The lowest BCUT2D eigenvalue weighted by Crippen LogP contribution is -2.25. The van der Waals surface area contributed by atoms with Crippen molar-refractivity contribution in [3.8, 4) is 11.5 Å². The predicted molar refractivity (Wildman–Crippen MR) is 93.5 cm³/mol. The van der Waals surface area contributed by atoms with Gasteiger partial charge in [0.05, 0.1) is 6.10 Å². The normalized spacial score (nSPS) is 13.6. The number of hydrogen-bond acceptors (Lipinski definition) is 3. The van der Waals surface area contributed by atoms with Crippen molar-refractivity contribution in [2.24, 2.45) is 0 Å². The van der Waals surface area contributed by atoms with E-state index in [-0.39, 0.29) is 12.0 Å². The molecule has 0 atom stereocenters. The van der Waals surface area contributed by atoms with Crippen LogP contribution in [0.3, 0.4) is 0 Å². The number of hydrogen-bond donors (Lipinski definition) is 1. The third kappa shape index (κ3) is 4.75. The lowest BCUT2D eigenvalue weighted by molar-refractivity contribution is 0.0950. The third-order valence-electron chi connectivity index (χ3n) is 3.71. The van der Waals surface area contributed by atoms with Gasteiger partial charge in [-0.15, -0.1) is 0 Å². The Labute approximate surface area is 142 Å². The summed E-state index contributed by atoms with van der Waals surface area (Å²) in [6.45, 7) is 4.46. The molecule has 1 aliphatic carbocycles. The van der Waals surface area contributed by atoms with Crippen LogP contribution in [0.5, 0.6) is 11.5 Å². The minimum atomic E-state index is -0.0295. The molecule has 4 nitrogen and oxygen atoms in total. The fourth-order valence-corrected chi connectivity index (χ4v) is 2.33. The summed E-state index contributed by atoms with van der Waals surface area (Å²) in [6, 6.07) is 15.5. The number of amides is 1. The maximum atomic E-state index is 12.1. The second-order valence-corrected chi connectivity index (χ2v) is 6.37. The van der Waals surface area contributed by atoms with Crippen LogP contribution in [0.1, 0.15) is 42.6 Å². The summed E-state index contributed by atoms with van der Waals surface area (Å²) >= 11 is 0. The van der Waals surface area contributed by atoms with E-state index in [9.17, 15) is 4.79 Å². The molecule has 1 fully saturated rings. The zero-order valence-electron chi connectivity index (χ0n) is 14.1. The van der Waals surface area contributed by atoms with Gasteiger partial charge in [0.1, 0.15) is 18.1 Å². The highest BCUT2D eigenvalue weighted by molar-refractivity contribution is 5.94. The summed E-state index contributed by atoms with van der Waals surface area (Å²) in [5.74, 6) is 1.52. The van der Waals surface area contributed by atoms with Gasteiger partial charge in [0, 0.05) is 11.6 Å². The van der Waals surface area contributed by atoms with Gasteiger partial charge in [0.25, 0.3) is 5.91 Å². The number of carbonyl (C=O) groups excluding carboxylic acids is 1. The minimum absolute atomic E-state index is 0.0295. The summed E-state index contributed by atoms with van der Waals surface area (Å²) in [6.07, 6.45) is 2.33. The number of nitrogens with one attached hydrogen (secondary N) is 1. The van der Waals surface area contributed by atoms with Crippen LogP contribution in [0, 0.1) is 0 Å². The van der Waals surface area contributed by atoms with Gasteiger partial charge in [-0.3, -0.25) is 4.79 Å². The molecule has 0 aliphatic heterocycles. The van der Waals surface area contributed by atoms with Crippen LogP contribution in [0.15, 0.2) is 48.5 Å². The summed E-state index contributed by atoms with van der Waals surface area (Å²) in [5.41, 5.74) is 1.69. The fourth-order valence-electron chi connectivity index (χ4n) is 2.33. The molecule has 1 saturated carbocycles. The predicted octanol–water partition coefficient (Wildman–Crippen LogP) is 3.95. The molecule has 2 aromatic carbocycles. The van der Waals surface area contributed by atoms with Gasteiger partial charge < -0.3 is 14.8 Å². The summed E-state index contributed by atoms with van der Waals surface area (Å²) in [7, 11) is 0. The number of benzene rings is 2. The fraction of sp³-hybridized carbons (Fsp3) is 0.350. The number of carbonyl (C=O) groups is 1. The van der Waals surface area contributed by atoms with Crippen LogP contribution in [0.25, 0.3) is 0 Å². The van der Waals surface area contributed by atoms with Crippen LogP contribution in [0.2, 0.25) is 0 Å². The van der Waals surface area contributed by atoms with Crippen LogP contribution in [0.4, 0.5) is 0 Å². The lowest BCUT2D eigenvalue weighted by Gasteiger charge is -2.11. The summed E-state index contributed by atoms with van der Waals surface area (Å²) < 4.78 is 11.4. The van der Waals surface area contributed by atoms with Crippen molar-refractivity contribution in [3.63, 3.8) is 0 Å². The highest BCUT2D eigenvalue weighted by Gasteiger charge is 2.23. The van der Waals surface area contributed by atoms with Crippen LogP contribution in [-0.4, -0.2) is 18.1 Å². The molecule has 1 N–H and O–H groups in total. The van der Waals surface area contributed by atoms with Crippen molar-refractivity contribution >= 4 is 5.91 Å². The first-order valence-corrected chi connectivity index (χ1v) is 8.39. The Kier molecular flexibility index (Phi) is 5.04. The second-order valence-electron chi connectivity index (χ2n) is 6.37. The molecule has 24 heavy (non-hydrogen) atoms.